The van der Waals surface area contributed by atoms with Gasteiger partial charge in [0.05, 0.1) is 5.56 Å². The van der Waals surface area contributed by atoms with E-state index in [-0.39, 0.29) is 22.5 Å². The van der Waals surface area contributed by atoms with Crippen molar-refractivity contribution in [1.29, 1.82) is 0 Å². The van der Waals surface area contributed by atoms with Crippen LogP contribution in [0.1, 0.15) is 50.5 Å². The lowest BCUT2D eigenvalue weighted by molar-refractivity contribution is 0.0697. The van der Waals surface area contributed by atoms with Crippen LogP contribution in [0.25, 0.3) is 0 Å². The Kier molecular flexibility index (Phi) is 4.99. The number of benzene rings is 1. The summed E-state index contributed by atoms with van der Waals surface area (Å²) in [5.74, 6) is -0.959. The summed E-state index contributed by atoms with van der Waals surface area (Å²) in [6.07, 6.45) is 0. The third-order valence-corrected chi connectivity index (χ3v) is 3.95. The highest BCUT2D eigenvalue weighted by Crippen LogP contribution is 2.29. The number of nitrogens with one attached hydrogen (secondary N) is 2. The van der Waals surface area contributed by atoms with Crippen molar-refractivity contribution in [3.63, 3.8) is 0 Å². The first kappa shape index (κ1) is 17.0. The van der Waals surface area contributed by atoms with Crippen LogP contribution in [0.3, 0.4) is 0 Å². The minimum Gasteiger partial charge on any atom is -0.478 e. The fourth-order valence-electron chi connectivity index (χ4n) is 1.46. The van der Waals surface area contributed by atoms with Crippen LogP contribution < -0.4 is 10.6 Å². The van der Waals surface area contributed by atoms with Gasteiger partial charge in [0.15, 0.2) is 0 Å². The highest BCUT2D eigenvalue weighted by Gasteiger charge is 2.33. The zero-order valence-corrected chi connectivity index (χ0v) is 13.3. The van der Waals surface area contributed by atoms with Crippen LogP contribution in [0.5, 0.6) is 0 Å². The van der Waals surface area contributed by atoms with Crippen LogP contribution in [-0.4, -0.2) is 22.6 Å². The number of rotatable bonds is 4. The van der Waals surface area contributed by atoms with Crippen LogP contribution >= 0.6 is 0 Å². The Bertz CT molecular complexity index is 513. The van der Waals surface area contributed by atoms with Gasteiger partial charge >= 0.3 is 12.0 Å². The highest BCUT2D eigenvalue weighted by atomic mass is 16.4. The monoisotopic (exact) mass is 292 g/mol. The lowest BCUT2D eigenvalue weighted by atomic mass is 9.76. The van der Waals surface area contributed by atoms with E-state index in [0.717, 1.165) is 5.56 Å². The van der Waals surface area contributed by atoms with E-state index in [9.17, 15) is 9.59 Å². The number of amides is 2. The van der Waals surface area contributed by atoms with Gasteiger partial charge in [-0.05, 0) is 37.0 Å². The third kappa shape index (κ3) is 4.77. The van der Waals surface area contributed by atoms with Gasteiger partial charge in [0.25, 0.3) is 0 Å². The van der Waals surface area contributed by atoms with E-state index >= 15 is 0 Å². The zero-order chi connectivity index (χ0) is 16.3. The Morgan fingerprint density at radius 2 is 1.57 bits per heavy atom. The smallest absolute Gasteiger partial charge is 0.335 e. The molecular formula is C16H24N2O3. The fourth-order valence-corrected chi connectivity index (χ4v) is 1.46. The van der Waals surface area contributed by atoms with Gasteiger partial charge in [0.2, 0.25) is 0 Å². The van der Waals surface area contributed by atoms with Gasteiger partial charge < -0.3 is 15.7 Å². The molecule has 3 N–H and O–H groups in total. The van der Waals surface area contributed by atoms with Gasteiger partial charge in [0, 0.05) is 12.1 Å². The number of hydrogen-bond acceptors (Lipinski definition) is 2. The van der Waals surface area contributed by atoms with Crippen molar-refractivity contribution in [1.82, 2.24) is 10.6 Å². The molecule has 0 aliphatic heterocycles. The summed E-state index contributed by atoms with van der Waals surface area (Å²) in [6, 6.07) is 6.20. The van der Waals surface area contributed by atoms with Crippen molar-refractivity contribution in [2.24, 2.45) is 5.41 Å². The second-order valence-corrected chi connectivity index (χ2v) is 6.68. The predicted octanol–water partition coefficient (Wildman–Crippen LogP) is 3.01. The highest BCUT2D eigenvalue weighted by molar-refractivity contribution is 5.87. The lowest BCUT2D eigenvalue weighted by Crippen LogP contribution is -2.55. The van der Waals surface area contributed by atoms with Crippen LogP contribution in [0.2, 0.25) is 0 Å². The summed E-state index contributed by atoms with van der Waals surface area (Å²) < 4.78 is 0. The maximum absolute atomic E-state index is 11.9. The van der Waals surface area contributed by atoms with Crippen molar-refractivity contribution < 1.29 is 14.7 Å². The molecule has 0 heterocycles. The van der Waals surface area contributed by atoms with Crippen LogP contribution in [0, 0.1) is 5.41 Å². The Labute approximate surface area is 125 Å². The molecule has 1 rings (SSSR count). The van der Waals surface area contributed by atoms with E-state index in [0.29, 0.717) is 6.54 Å². The van der Waals surface area contributed by atoms with Gasteiger partial charge in [-0.15, -0.1) is 0 Å². The summed E-state index contributed by atoms with van der Waals surface area (Å²) >= 11 is 0. The van der Waals surface area contributed by atoms with Crippen molar-refractivity contribution in [2.75, 3.05) is 0 Å². The molecule has 0 saturated carbocycles. The summed E-state index contributed by atoms with van der Waals surface area (Å²) in [5, 5.41) is 14.5. The SMILES string of the molecule is CC(C)(C)C(C)(C)NC(=O)NCc1ccc(C(=O)O)cc1. The molecule has 116 valence electrons. The molecule has 1 aromatic carbocycles. The minimum absolute atomic E-state index is 0.0620. The van der Waals surface area contributed by atoms with Crippen molar-refractivity contribution in [2.45, 2.75) is 46.7 Å². The molecule has 5 heteroatoms. The summed E-state index contributed by atoms with van der Waals surface area (Å²) in [4.78, 5) is 22.7. The van der Waals surface area contributed by atoms with Gasteiger partial charge in [0.1, 0.15) is 0 Å². The minimum atomic E-state index is -0.959. The Balaban J connectivity index is 2.55. The number of carbonyl (C=O) groups excluding carboxylic acids is 1. The molecule has 0 aromatic heterocycles. The number of aromatic carboxylic acids is 1. The molecule has 0 spiro atoms. The number of urea groups is 1. The van der Waals surface area contributed by atoms with Gasteiger partial charge in [-0.2, -0.15) is 0 Å². The van der Waals surface area contributed by atoms with E-state index in [1.165, 1.54) is 12.1 Å². The summed E-state index contributed by atoms with van der Waals surface area (Å²) in [7, 11) is 0. The van der Waals surface area contributed by atoms with Crippen LogP contribution in [0.4, 0.5) is 4.79 Å². The molecular weight excluding hydrogens is 268 g/mol. The molecule has 0 bridgehead atoms. The first-order valence-corrected chi connectivity index (χ1v) is 6.91. The average Bonchev–Trinajstić information content (AvgIpc) is 2.35. The molecule has 1 aromatic rings. The zero-order valence-electron chi connectivity index (χ0n) is 13.3. The molecule has 0 fully saturated rings. The molecule has 0 unspecified atom stereocenters. The molecule has 0 radical (unpaired) electrons. The number of carbonyl (C=O) groups is 2. The van der Waals surface area contributed by atoms with Crippen molar-refractivity contribution in [3.05, 3.63) is 35.4 Å². The second kappa shape index (κ2) is 6.16. The lowest BCUT2D eigenvalue weighted by Gasteiger charge is -2.39. The van der Waals surface area contributed by atoms with E-state index < -0.39 is 5.97 Å². The third-order valence-electron chi connectivity index (χ3n) is 3.95. The topological polar surface area (TPSA) is 78.4 Å². The Morgan fingerprint density at radius 3 is 2.00 bits per heavy atom. The molecule has 21 heavy (non-hydrogen) atoms. The van der Waals surface area contributed by atoms with Crippen molar-refractivity contribution in [3.8, 4) is 0 Å². The largest absolute Gasteiger partial charge is 0.478 e. The number of carboxylic acids is 1. The van der Waals surface area contributed by atoms with Gasteiger partial charge in [-0.1, -0.05) is 32.9 Å². The molecule has 0 aliphatic carbocycles. The van der Waals surface area contributed by atoms with E-state index in [1.807, 2.05) is 13.8 Å². The number of hydrogen-bond donors (Lipinski definition) is 3. The number of carboxylic acid groups (broad SMARTS) is 1. The normalized spacial score (nSPS) is 11.9. The second-order valence-electron chi connectivity index (χ2n) is 6.68. The predicted molar refractivity (Wildman–Crippen MR) is 82.3 cm³/mol. The quantitative estimate of drug-likeness (QED) is 0.798. The molecule has 5 nitrogen and oxygen atoms in total. The van der Waals surface area contributed by atoms with E-state index in [4.69, 9.17) is 5.11 Å². The van der Waals surface area contributed by atoms with Crippen LogP contribution in [-0.2, 0) is 6.54 Å². The molecule has 2 amide bonds. The van der Waals surface area contributed by atoms with E-state index in [2.05, 4.69) is 31.4 Å². The van der Waals surface area contributed by atoms with Crippen LogP contribution in [0.15, 0.2) is 24.3 Å². The maximum atomic E-state index is 11.9. The standard InChI is InChI=1S/C16H24N2O3/c1-15(2,3)16(4,5)18-14(21)17-10-11-6-8-12(9-7-11)13(19)20/h6-9H,10H2,1-5H3,(H,19,20)(H2,17,18,21). The Hall–Kier alpha value is -2.04. The van der Waals surface area contributed by atoms with Gasteiger partial charge in [-0.25, -0.2) is 9.59 Å². The Morgan fingerprint density at radius 1 is 1.05 bits per heavy atom. The first-order chi connectivity index (χ1) is 9.53. The van der Waals surface area contributed by atoms with E-state index in [1.54, 1.807) is 12.1 Å². The maximum Gasteiger partial charge on any atom is 0.335 e. The fraction of sp³-hybridized carbons (Fsp3) is 0.500. The average molecular weight is 292 g/mol. The first-order valence-electron chi connectivity index (χ1n) is 6.91. The van der Waals surface area contributed by atoms with Crippen molar-refractivity contribution >= 4 is 12.0 Å². The molecule has 0 atom stereocenters. The molecule has 0 saturated heterocycles. The summed E-state index contributed by atoms with van der Waals surface area (Å²) in [6.45, 7) is 10.5. The summed E-state index contributed by atoms with van der Waals surface area (Å²) in [5.41, 5.74) is 0.679. The van der Waals surface area contributed by atoms with Gasteiger partial charge in [-0.3, -0.25) is 0 Å². The molecule has 0 aliphatic rings.